The molecule has 8 nitrogen and oxygen atoms in total. The molecule has 0 aliphatic carbocycles. The van der Waals surface area contributed by atoms with E-state index in [1.807, 2.05) is 6.92 Å². The van der Waals surface area contributed by atoms with Crippen LogP contribution in [-0.2, 0) is 24.7 Å². The fourth-order valence-corrected chi connectivity index (χ4v) is 2.98. The molecule has 0 spiro atoms. The molecule has 0 aromatic heterocycles. The van der Waals surface area contributed by atoms with Crippen molar-refractivity contribution in [1.82, 2.24) is 15.5 Å². The van der Waals surface area contributed by atoms with Crippen molar-refractivity contribution in [1.29, 1.82) is 0 Å². The molecule has 9 heteroatoms. The molecule has 4 amide bonds. The minimum atomic E-state index is -1.41. The van der Waals surface area contributed by atoms with Gasteiger partial charge in [0.05, 0.1) is 7.11 Å². The van der Waals surface area contributed by atoms with Crippen molar-refractivity contribution in [3.63, 3.8) is 0 Å². The average molecular weight is 393 g/mol. The van der Waals surface area contributed by atoms with E-state index in [9.17, 15) is 23.6 Å². The number of halogens is 1. The number of carbonyl (C=O) groups is 4. The quantitative estimate of drug-likeness (QED) is 0.537. The van der Waals surface area contributed by atoms with Crippen molar-refractivity contribution in [3.8, 4) is 0 Å². The molecule has 1 aliphatic rings. The van der Waals surface area contributed by atoms with Crippen LogP contribution in [0.4, 0.5) is 9.18 Å². The lowest BCUT2D eigenvalue weighted by molar-refractivity contribution is -0.146. The van der Waals surface area contributed by atoms with E-state index in [2.05, 4.69) is 10.6 Å². The molecule has 28 heavy (non-hydrogen) atoms. The van der Waals surface area contributed by atoms with E-state index in [4.69, 9.17) is 4.74 Å². The van der Waals surface area contributed by atoms with Crippen LogP contribution in [0, 0.1) is 11.7 Å². The molecule has 3 unspecified atom stereocenters. The Morgan fingerprint density at radius 3 is 2.43 bits per heavy atom. The summed E-state index contributed by atoms with van der Waals surface area (Å²) in [7, 11) is 1.22. The van der Waals surface area contributed by atoms with Crippen LogP contribution in [0.1, 0.15) is 32.8 Å². The minimum Gasteiger partial charge on any atom is -0.467 e. The van der Waals surface area contributed by atoms with Crippen molar-refractivity contribution in [2.24, 2.45) is 5.92 Å². The van der Waals surface area contributed by atoms with Gasteiger partial charge in [-0.3, -0.25) is 14.5 Å². The van der Waals surface area contributed by atoms with E-state index < -0.39 is 47.8 Å². The molecule has 2 rings (SSSR count). The maximum Gasteiger partial charge on any atom is 0.328 e. The van der Waals surface area contributed by atoms with Gasteiger partial charge in [-0.2, -0.15) is 0 Å². The Balaban J connectivity index is 2.14. The second kappa shape index (κ2) is 8.37. The van der Waals surface area contributed by atoms with E-state index in [-0.39, 0.29) is 5.92 Å². The molecule has 152 valence electrons. The van der Waals surface area contributed by atoms with Crippen molar-refractivity contribution in [2.75, 3.05) is 13.7 Å². The third-order valence-electron chi connectivity index (χ3n) is 4.98. The summed E-state index contributed by atoms with van der Waals surface area (Å²) in [5.41, 5.74) is -1.02. The number of carbonyl (C=O) groups excluding carboxylic acids is 4. The van der Waals surface area contributed by atoms with Gasteiger partial charge >= 0.3 is 12.0 Å². The molecule has 0 radical (unpaired) electrons. The van der Waals surface area contributed by atoms with E-state index in [0.29, 0.717) is 12.0 Å². The number of benzene rings is 1. The van der Waals surface area contributed by atoms with Gasteiger partial charge in [-0.15, -0.1) is 0 Å². The monoisotopic (exact) mass is 393 g/mol. The number of esters is 1. The molecule has 1 saturated heterocycles. The normalized spacial score (nSPS) is 21.1. The number of methoxy groups -OCH3 is 1. The zero-order valence-electron chi connectivity index (χ0n) is 16.2. The smallest absolute Gasteiger partial charge is 0.328 e. The predicted octanol–water partition coefficient (Wildman–Crippen LogP) is 1.30. The molecule has 0 bridgehead atoms. The molecule has 3 atom stereocenters. The minimum absolute atomic E-state index is 0.191. The fraction of sp³-hybridized carbons (Fsp3) is 0.474. The van der Waals surface area contributed by atoms with E-state index >= 15 is 0 Å². The summed E-state index contributed by atoms with van der Waals surface area (Å²) in [6, 6.07) is 3.53. The van der Waals surface area contributed by atoms with Crippen LogP contribution in [0.3, 0.4) is 0 Å². The number of urea groups is 1. The lowest BCUT2D eigenvalue weighted by Crippen LogP contribution is -2.50. The topological polar surface area (TPSA) is 105 Å². The predicted molar refractivity (Wildman–Crippen MR) is 97.4 cm³/mol. The van der Waals surface area contributed by atoms with E-state index in [1.165, 1.54) is 38.3 Å². The summed E-state index contributed by atoms with van der Waals surface area (Å²) in [4.78, 5) is 50.2. The first-order valence-electron chi connectivity index (χ1n) is 8.91. The summed E-state index contributed by atoms with van der Waals surface area (Å²) in [6.45, 7) is 4.57. The zero-order chi connectivity index (χ0) is 21.1. The van der Waals surface area contributed by atoms with Crippen LogP contribution < -0.4 is 10.6 Å². The van der Waals surface area contributed by atoms with Gasteiger partial charge in [-0.1, -0.05) is 32.4 Å². The highest BCUT2D eigenvalue weighted by Crippen LogP contribution is 2.28. The summed E-state index contributed by atoms with van der Waals surface area (Å²) in [5.74, 6) is -2.57. The number of hydrogen-bond donors (Lipinski definition) is 2. The lowest BCUT2D eigenvalue weighted by atomic mass is 9.92. The largest absolute Gasteiger partial charge is 0.467 e. The zero-order valence-corrected chi connectivity index (χ0v) is 16.2. The first-order valence-corrected chi connectivity index (χ1v) is 8.91. The molecule has 1 heterocycles. The number of imide groups is 1. The van der Waals surface area contributed by atoms with Gasteiger partial charge < -0.3 is 15.4 Å². The highest BCUT2D eigenvalue weighted by Gasteiger charge is 2.49. The molecular weight excluding hydrogens is 369 g/mol. The van der Waals surface area contributed by atoms with Crippen LogP contribution >= 0.6 is 0 Å². The number of hydrogen-bond acceptors (Lipinski definition) is 5. The fourth-order valence-electron chi connectivity index (χ4n) is 2.98. The Kier molecular flexibility index (Phi) is 6.37. The average Bonchev–Trinajstić information content (AvgIpc) is 2.89. The molecule has 1 aliphatic heterocycles. The van der Waals surface area contributed by atoms with Gasteiger partial charge in [0.1, 0.15) is 23.9 Å². The number of ether oxygens (including phenoxy) is 1. The second-order valence-electron chi connectivity index (χ2n) is 6.91. The molecular formula is C19H24FN3O5. The summed E-state index contributed by atoms with van der Waals surface area (Å²) in [6.07, 6.45) is 0.617. The third kappa shape index (κ3) is 4.13. The Labute approximate surface area is 162 Å². The first-order chi connectivity index (χ1) is 13.1. The molecule has 2 N–H and O–H groups in total. The number of nitrogens with one attached hydrogen (secondary N) is 2. The third-order valence-corrected chi connectivity index (χ3v) is 4.98. The number of rotatable bonds is 7. The second-order valence-corrected chi connectivity index (χ2v) is 6.91. The summed E-state index contributed by atoms with van der Waals surface area (Å²) in [5, 5.41) is 5.06. The Hall–Kier alpha value is -2.97. The van der Waals surface area contributed by atoms with Crippen molar-refractivity contribution in [3.05, 3.63) is 35.6 Å². The molecule has 1 aromatic carbocycles. The Bertz CT molecular complexity index is 782. The van der Waals surface area contributed by atoms with Crippen molar-refractivity contribution in [2.45, 2.75) is 38.8 Å². The molecule has 0 saturated carbocycles. The number of amides is 4. The van der Waals surface area contributed by atoms with Crippen LogP contribution in [-0.4, -0.2) is 48.4 Å². The summed E-state index contributed by atoms with van der Waals surface area (Å²) >= 11 is 0. The maximum atomic E-state index is 13.2. The van der Waals surface area contributed by atoms with Gasteiger partial charge in [0.25, 0.3) is 5.91 Å². The van der Waals surface area contributed by atoms with Crippen LogP contribution in [0.2, 0.25) is 0 Å². The van der Waals surface area contributed by atoms with Gasteiger partial charge in [-0.25, -0.2) is 14.0 Å². The SMILES string of the molecule is CCC(C)C(NC(=O)CN1C(=O)NC(C)(c2ccc(F)cc2)C1=O)C(=O)OC. The van der Waals surface area contributed by atoms with Gasteiger partial charge in [0, 0.05) is 0 Å². The van der Waals surface area contributed by atoms with Crippen molar-refractivity contribution < 1.29 is 28.3 Å². The summed E-state index contributed by atoms with van der Waals surface area (Å²) < 4.78 is 17.9. The standard InChI is InChI=1S/C19H24FN3O5/c1-5-11(2)15(16(25)28-4)21-14(24)10-23-17(26)19(3,22-18(23)27)12-6-8-13(20)9-7-12/h6-9,11,15H,5,10H2,1-4H3,(H,21,24)(H,22,27). The highest BCUT2D eigenvalue weighted by atomic mass is 19.1. The molecule has 1 fully saturated rings. The van der Waals surface area contributed by atoms with Crippen LogP contribution in [0.5, 0.6) is 0 Å². The molecule has 1 aromatic rings. The van der Waals surface area contributed by atoms with Gasteiger partial charge in [0.2, 0.25) is 5.91 Å². The lowest BCUT2D eigenvalue weighted by Gasteiger charge is -2.24. The van der Waals surface area contributed by atoms with Gasteiger partial charge in [-0.05, 0) is 30.5 Å². The highest BCUT2D eigenvalue weighted by molar-refractivity contribution is 6.09. The Morgan fingerprint density at radius 1 is 1.29 bits per heavy atom. The van der Waals surface area contributed by atoms with Crippen molar-refractivity contribution >= 4 is 23.8 Å². The van der Waals surface area contributed by atoms with E-state index in [0.717, 1.165) is 4.90 Å². The maximum absolute atomic E-state index is 13.2. The van der Waals surface area contributed by atoms with Crippen LogP contribution in [0.25, 0.3) is 0 Å². The van der Waals surface area contributed by atoms with Crippen LogP contribution in [0.15, 0.2) is 24.3 Å². The number of nitrogens with zero attached hydrogens (tertiary/aromatic N) is 1. The first kappa shape index (κ1) is 21.3. The van der Waals surface area contributed by atoms with Gasteiger partial charge in [0.15, 0.2) is 0 Å². The Morgan fingerprint density at radius 2 is 1.89 bits per heavy atom. The van der Waals surface area contributed by atoms with E-state index in [1.54, 1.807) is 6.92 Å².